The average Bonchev–Trinajstić information content (AvgIpc) is 3.48. The van der Waals surface area contributed by atoms with Gasteiger partial charge in [0.2, 0.25) is 0 Å². The summed E-state index contributed by atoms with van der Waals surface area (Å²) in [6, 6.07) is 3.89. The topological polar surface area (TPSA) is 89.2 Å². The number of likely N-dealkylation sites (tertiary alicyclic amines) is 1. The minimum atomic E-state index is -0.865. The normalized spacial score (nSPS) is 20.9. The van der Waals surface area contributed by atoms with Gasteiger partial charge in [-0.05, 0) is 38.0 Å². The van der Waals surface area contributed by atoms with Crippen LogP contribution in [0.2, 0.25) is 10.0 Å². The number of hydrogen-bond donors (Lipinski definition) is 1. The molecule has 0 radical (unpaired) electrons. The molecule has 2 heterocycles. The molecule has 7 nitrogen and oxygen atoms in total. The first-order valence-corrected chi connectivity index (χ1v) is 11.0. The van der Waals surface area contributed by atoms with Gasteiger partial charge in [-0.25, -0.2) is 0 Å². The molecule has 32 heavy (non-hydrogen) atoms. The molecule has 0 spiro atoms. The van der Waals surface area contributed by atoms with Gasteiger partial charge in [0.05, 0.1) is 30.4 Å². The van der Waals surface area contributed by atoms with E-state index in [0.29, 0.717) is 11.5 Å². The Morgan fingerprint density at radius 3 is 2.34 bits per heavy atom. The molecule has 2 aromatic rings. The molecule has 170 valence electrons. The lowest BCUT2D eigenvalue weighted by Crippen LogP contribution is -2.37. The third kappa shape index (κ3) is 3.53. The predicted molar refractivity (Wildman–Crippen MR) is 119 cm³/mol. The van der Waals surface area contributed by atoms with Gasteiger partial charge in [0.1, 0.15) is 28.3 Å². The van der Waals surface area contributed by atoms with Gasteiger partial charge in [-0.1, -0.05) is 36.0 Å². The molecule has 2 fully saturated rings. The number of amides is 1. The van der Waals surface area contributed by atoms with E-state index in [1.165, 1.54) is 20.3 Å². The number of benzene rings is 1. The number of halogens is 2. The van der Waals surface area contributed by atoms with Crippen LogP contribution in [-0.4, -0.2) is 42.0 Å². The summed E-state index contributed by atoms with van der Waals surface area (Å²) in [6.45, 7) is 1.78. The Bertz CT molecular complexity index is 1120. The van der Waals surface area contributed by atoms with Gasteiger partial charge in [-0.3, -0.25) is 9.59 Å². The number of carbonyl (C=O) groups is 2. The number of furan rings is 1. The zero-order chi connectivity index (χ0) is 23.2. The van der Waals surface area contributed by atoms with Gasteiger partial charge >= 0.3 is 0 Å². The highest BCUT2D eigenvalue weighted by Gasteiger charge is 2.50. The number of aliphatic hydroxyl groups excluding tert-OH is 1. The van der Waals surface area contributed by atoms with E-state index in [9.17, 15) is 14.7 Å². The van der Waals surface area contributed by atoms with E-state index in [0.717, 1.165) is 25.7 Å². The molecule has 0 bridgehead atoms. The monoisotopic (exact) mass is 479 g/mol. The predicted octanol–water partition coefficient (Wildman–Crippen LogP) is 5.28. The molecule has 1 aromatic heterocycles. The van der Waals surface area contributed by atoms with E-state index >= 15 is 0 Å². The summed E-state index contributed by atoms with van der Waals surface area (Å²) in [5.74, 6) is -0.616. The molecule has 1 amide bonds. The van der Waals surface area contributed by atoms with E-state index < -0.39 is 23.5 Å². The van der Waals surface area contributed by atoms with Crippen LogP contribution in [0.1, 0.15) is 48.8 Å². The number of nitrogens with zero attached hydrogens (tertiary/aromatic N) is 1. The van der Waals surface area contributed by atoms with Crippen molar-refractivity contribution in [1.82, 2.24) is 4.90 Å². The van der Waals surface area contributed by atoms with Crippen LogP contribution in [0.3, 0.4) is 0 Å². The summed E-state index contributed by atoms with van der Waals surface area (Å²) >= 11 is 12.7. The molecule has 4 rings (SSSR count). The number of carbonyl (C=O) groups excluding carboxylic acids is 2. The van der Waals surface area contributed by atoms with Crippen molar-refractivity contribution in [3.8, 4) is 11.5 Å². The first kappa shape index (κ1) is 22.6. The smallest absolute Gasteiger partial charge is 0.296 e. The fourth-order valence-electron chi connectivity index (χ4n) is 4.58. The van der Waals surface area contributed by atoms with E-state index in [-0.39, 0.29) is 38.7 Å². The molecular formula is C23H23Cl2NO6. The van der Waals surface area contributed by atoms with Crippen molar-refractivity contribution < 1.29 is 28.6 Å². The van der Waals surface area contributed by atoms with Crippen molar-refractivity contribution in [3.63, 3.8) is 0 Å². The molecule has 1 atom stereocenters. The lowest BCUT2D eigenvalue weighted by molar-refractivity contribution is -0.141. The van der Waals surface area contributed by atoms with Gasteiger partial charge in [0.25, 0.3) is 11.7 Å². The first-order valence-electron chi connectivity index (χ1n) is 10.3. The quantitative estimate of drug-likeness (QED) is 0.356. The second-order valence-electron chi connectivity index (χ2n) is 7.88. The SMILES string of the molecule is COc1c(Cl)cc(/C(O)=C2\C(=O)C(=O)N(C3CCCC3)C2c2ccc(C)o2)c(OC)c1Cl. The Morgan fingerprint density at radius 2 is 1.78 bits per heavy atom. The van der Waals surface area contributed by atoms with Gasteiger partial charge in [0.15, 0.2) is 11.5 Å². The van der Waals surface area contributed by atoms with Gasteiger partial charge in [-0.2, -0.15) is 0 Å². The highest BCUT2D eigenvalue weighted by molar-refractivity contribution is 6.47. The molecule has 1 saturated carbocycles. The van der Waals surface area contributed by atoms with E-state index in [1.807, 2.05) is 0 Å². The molecule has 1 unspecified atom stereocenters. The third-order valence-electron chi connectivity index (χ3n) is 6.02. The van der Waals surface area contributed by atoms with Crippen LogP contribution in [0.4, 0.5) is 0 Å². The van der Waals surface area contributed by atoms with Crippen molar-refractivity contribution in [3.05, 3.63) is 50.9 Å². The summed E-state index contributed by atoms with van der Waals surface area (Å²) < 4.78 is 16.4. The van der Waals surface area contributed by atoms with Crippen LogP contribution in [-0.2, 0) is 9.59 Å². The molecule has 9 heteroatoms. The average molecular weight is 480 g/mol. The number of rotatable bonds is 5. The largest absolute Gasteiger partial charge is 0.507 e. The Morgan fingerprint density at radius 1 is 1.12 bits per heavy atom. The highest BCUT2D eigenvalue weighted by atomic mass is 35.5. The Kier molecular flexibility index (Phi) is 6.14. The molecule has 1 aliphatic heterocycles. The Balaban J connectivity index is 1.95. The summed E-state index contributed by atoms with van der Waals surface area (Å²) in [7, 11) is 2.77. The lowest BCUT2D eigenvalue weighted by Gasteiger charge is -2.29. The minimum absolute atomic E-state index is 0.0412. The van der Waals surface area contributed by atoms with Crippen LogP contribution in [0, 0.1) is 6.92 Å². The zero-order valence-corrected chi connectivity index (χ0v) is 19.4. The van der Waals surface area contributed by atoms with Crippen LogP contribution >= 0.6 is 23.2 Å². The number of ketones is 1. The fourth-order valence-corrected chi connectivity index (χ4v) is 5.27. The standard InChI is InChI=1S/C23H23Cl2NO6/c1-11-8-9-15(32-11)18-16(20(28)23(29)26(18)12-6-4-5-7-12)19(27)13-10-14(24)22(31-3)17(25)21(13)30-2/h8-10,12,18,27H,4-7H2,1-3H3/b19-16+. The van der Waals surface area contributed by atoms with Gasteiger partial charge in [-0.15, -0.1) is 0 Å². The van der Waals surface area contributed by atoms with Crippen LogP contribution in [0.25, 0.3) is 5.76 Å². The summed E-state index contributed by atoms with van der Waals surface area (Å²) in [5.41, 5.74) is -0.00662. The van der Waals surface area contributed by atoms with E-state index in [2.05, 4.69) is 0 Å². The summed E-state index contributed by atoms with van der Waals surface area (Å²) in [5, 5.41) is 11.5. The van der Waals surface area contributed by atoms with Crippen LogP contribution in [0.15, 0.2) is 28.2 Å². The third-order valence-corrected chi connectivity index (χ3v) is 6.65. The van der Waals surface area contributed by atoms with Crippen molar-refractivity contribution >= 4 is 40.7 Å². The number of Topliss-reactive ketones (excluding diaryl/α,β-unsaturated/α-hetero) is 1. The van der Waals surface area contributed by atoms with Crippen molar-refractivity contribution in [2.24, 2.45) is 0 Å². The molecule has 1 saturated heterocycles. The molecule has 2 aliphatic rings. The summed E-state index contributed by atoms with van der Waals surface area (Å²) in [4.78, 5) is 27.8. The Labute approximate surface area is 195 Å². The van der Waals surface area contributed by atoms with E-state index in [1.54, 1.807) is 24.0 Å². The van der Waals surface area contributed by atoms with Gasteiger partial charge < -0.3 is 23.9 Å². The van der Waals surface area contributed by atoms with Crippen molar-refractivity contribution in [2.45, 2.75) is 44.7 Å². The zero-order valence-electron chi connectivity index (χ0n) is 17.9. The number of aryl methyl sites for hydroxylation is 1. The summed E-state index contributed by atoms with van der Waals surface area (Å²) in [6.07, 6.45) is 3.50. The van der Waals surface area contributed by atoms with Crippen molar-refractivity contribution in [2.75, 3.05) is 14.2 Å². The maximum absolute atomic E-state index is 13.2. The minimum Gasteiger partial charge on any atom is -0.507 e. The van der Waals surface area contributed by atoms with E-state index in [4.69, 9.17) is 37.1 Å². The second-order valence-corrected chi connectivity index (χ2v) is 8.66. The van der Waals surface area contributed by atoms with Crippen LogP contribution < -0.4 is 9.47 Å². The first-order chi connectivity index (χ1) is 15.3. The maximum Gasteiger partial charge on any atom is 0.296 e. The maximum atomic E-state index is 13.2. The second kappa shape index (κ2) is 8.71. The fraction of sp³-hybridized carbons (Fsp3) is 0.391. The Hall–Kier alpha value is -2.64. The number of aliphatic hydroxyl groups is 1. The van der Waals surface area contributed by atoms with Crippen molar-refractivity contribution in [1.29, 1.82) is 0 Å². The van der Waals surface area contributed by atoms with Gasteiger partial charge in [0, 0.05) is 6.04 Å². The number of ether oxygens (including phenoxy) is 2. The molecular weight excluding hydrogens is 457 g/mol. The number of methoxy groups -OCH3 is 2. The molecule has 1 N–H and O–H groups in total. The lowest BCUT2D eigenvalue weighted by atomic mass is 9.98. The molecule has 1 aromatic carbocycles. The highest BCUT2D eigenvalue weighted by Crippen LogP contribution is 2.48. The number of hydrogen-bond acceptors (Lipinski definition) is 6. The molecule has 1 aliphatic carbocycles. The van der Waals surface area contributed by atoms with Crippen LogP contribution in [0.5, 0.6) is 11.5 Å².